The van der Waals surface area contributed by atoms with E-state index in [9.17, 15) is 4.79 Å². The third kappa shape index (κ3) is 3.77. The fraction of sp³-hybridized carbons (Fsp3) is 0.0526. The number of pyridine rings is 1. The van der Waals surface area contributed by atoms with Crippen molar-refractivity contribution in [3.63, 3.8) is 0 Å². The number of para-hydroxylation sites is 2. The molecule has 120 valence electrons. The zero-order valence-corrected chi connectivity index (χ0v) is 12.9. The van der Waals surface area contributed by atoms with Gasteiger partial charge in [0.25, 0.3) is 5.91 Å². The number of hydrogen-bond acceptors (Lipinski definition) is 4. The normalized spacial score (nSPS) is 10.9. The summed E-state index contributed by atoms with van der Waals surface area (Å²) >= 11 is 0. The highest BCUT2D eigenvalue weighted by Gasteiger charge is 2.02. The lowest BCUT2D eigenvalue weighted by molar-refractivity contribution is -0.124. The van der Waals surface area contributed by atoms with Crippen LogP contribution in [-0.4, -0.2) is 16.1 Å². The molecule has 3 aromatic rings. The maximum Gasteiger partial charge on any atom is 0.267 e. The van der Waals surface area contributed by atoms with Gasteiger partial charge in [-0.1, -0.05) is 42.5 Å². The molecule has 0 spiro atoms. The minimum Gasteiger partial charge on any atom is -0.379 e. The zero-order chi connectivity index (χ0) is 16.8. The summed E-state index contributed by atoms with van der Waals surface area (Å²) in [7, 11) is 0. The maximum atomic E-state index is 11.1. The summed E-state index contributed by atoms with van der Waals surface area (Å²) < 4.78 is 0. The van der Waals surface area contributed by atoms with Crippen molar-refractivity contribution in [2.45, 2.75) is 6.54 Å². The number of anilines is 1. The lowest BCUT2D eigenvalue weighted by Gasteiger charge is -2.10. The van der Waals surface area contributed by atoms with Crippen LogP contribution in [0.5, 0.6) is 0 Å². The number of benzene rings is 2. The van der Waals surface area contributed by atoms with E-state index in [1.165, 1.54) is 6.08 Å². The van der Waals surface area contributed by atoms with E-state index in [4.69, 9.17) is 5.21 Å². The first kappa shape index (κ1) is 15.7. The van der Waals surface area contributed by atoms with E-state index in [0.717, 1.165) is 27.8 Å². The molecule has 3 N–H and O–H groups in total. The van der Waals surface area contributed by atoms with Gasteiger partial charge in [-0.25, -0.2) is 5.48 Å². The van der Waals surface area contributed by atoms with Crippen molar-refractivity contribution in [2.24, 2.45) is 0 Å². The fourth-order valence-corrected chi connectivity index (χ4v) is 2.40. The van der Waals surface area contributed by atoms with E-state index in [0.29, 0.717) is 6.54 Å². The Morgan fingerprint density at radius 1 is 1.04 bits per heavy atom. The fourth-order valence-electron chi connectivity index (χ4n) is 2.40. The number of hydrogen-bond donors (Lipinski definition) is 3. The minimum absolute atomic E-state index is 0.569. The van der Waals surface area contributed by atoms with E-state index >= 15 is 0 Å². The Bertz CT molecular complexity index is 890. The number of hydroxylamine groups is 1. The Morgan fingerprint density at radius 3 is 2.71 bits per heavy atom. The van der Waals surface area contributed by atoms with E-state index < -0.39 is 5.91 Å². The van der Waals surface area contributed by atoms with Crippen molar-refractivity contribution in [3.05, 3.63) is 78.0 Å². The van der Waals surface area contributed by atoms with Crippen LogP contribution in [-0.2, 0) is 11.3 Å². The molecule has 24 heavy (non-hydrogen) atoms. The molecule has 0 unspecified atom stereocenters. The summed E-state index contributed by atoms with van der Waals surface area (Å²) in [5.41, 5.74) is 5.20. The van der Waals surface area contributed by atoms with Crippen molar-refractivity contribution >= 4 is 28.6 Å². The maximum absolute atomic E-state index is 11.1. The number of carbonyl (C=O) groups excluding carboxylic acids is 1. The molecule has 0 fully saturated rings. The molecule has 0 saturated heterocycles. The van der Waals surface area contributed by atoms with Crippen molar-refractivity contribution in [1.82, 2.24) is 10.5 Å². The van der Waals surface area contributed by atoms with Crippen LogP contribution in [0.4, 0.5) is 5.69 Å². The van der Waals surface area contributed by atoms with Gasteiger partial charge in [0, 0.05) is 17.1 Å². The molecule has 1 aromatic heterocycles. The molecule has 0 radical (unpaired) electrons. The number of carbonyl (C=O) groups is 1. The van der Waals surface area contributed by atoms with Crippen molar-refractivity contribution < 1.29 is 10.0 Å². The van der Waals surface area contributed by atoms with Crippen LogP contribution in [0.15, 0.2) is 66.7 Å². The van der Waals surface area contributed by atoms with Crippen LogP contribution in [0, 0.1) is 0 Å². The molecule has 0 atom stereocenters. The van der Waals surface area contributed by atoms with Gasteiger partial charge >= 0.3 is 0 Å². The Labute approximate surface area is 139 Å². The Balaban J connectivity index is 1.76. The highest BCUT2D eigenvalue weighted by Crippen LogP contribution is 2.18. The molecular weight excluding hydrogens is 302 g/mol. The third-order valence-electron chi connectivity index (χ3n) is 3.60. The van der Waals surface area contributed by atoms with Crippen molar-refractivity contribution in [2.75, 3.05) is 5.32 Å². The van der Waals surface area contributed by atoms with E-state index in [-0.39, 0.29) is 0 Å². The average molecular weight is 319 g/mol. The van der Waals surface area contributed by atoms with Gasteiger partial charge in [0.2, 0.25) is 0 Å². The molecule has 0 aliphatic carbocycles. The Hall–Kier alpha value is -3.18. The molecule has 0 saturated carbocycles. The standard InChI is InChI=1S/C19H17N3O2/c23-19(22-24)12-10-14-5-1-3-7-17(14)20-13-16-11-9-15-6-2-4-8-18(15)21-16/h1-12,20,24H,13H2,(H,22,23). The Kier molecular flexibility index (Phi) is 4.84. The van der Waals surface area contributed by atoms with Gasteiger partial charge in [-0.15, -0.1) is 0 Å². The third-order valence-corrected chi connectivity index (χ3v) is 3.60. The molecule has 3 rings (SSSR count). The van der Waals surface area contributed by atoms with Gasteiger partial charge in [0.05, 0.1) is 17.8 Å². The number of nitrogens with one attached hydrogen (secondary N) is 2. The van der Waals surface area contributed by atoms with E-state index in [1.54, 1.807) is 11.6 Å². The zero-order valence-electron chi connectivity index (χ0n) is 12.9. The van der Waals surface area contributed by atoms with E-state index in [2.05, 4.69) is 16.4 Å². The first-order valence-corrected chi connectivity index (χ1v) is 7.56. The van der Waals surface area contributed by atoms with Gasteiger partial charge in [-0.05, 0) is 29.8 Å². The van der Waals surface area contributed by atoms with Crippen LogP contribution in [0.3, 0.4) is 0 Å². The van der Waals surface area contributed by atoms with Gasteiger partial charge in [-0.3, -0.25) is 15.0 Å². The minimum atomic E-state index is -0.569. The predicted octanol–water partition coefficient (Wildman–Crippen LogP) is 3.37. The highest BCUT2D eigenvalue weighted by atomic mass is 16.5. The van der Waals surface area contributed by atoms with Crippen LogP contribution in [0.25, 0.3) is 17.0 Å². The van der Waals surface area contributed by atoms with Gasteiger partial charge < -0.3 is 5.32 Å². The van der Waals surface area contributed by atoms with Gasteiger partial charge in [0.15, 0.2) is 0 Å². The van der Waals surface area contributed by atoms with Gasteiger partial charge in [-0.2, -0.15) is 0 Å². The second-order valence-corrected chi connectivity index (χ2v) is 5.25. The second kappa shape index (κ2) is 7.39. The van der Waals surface area contributed by atoms with Crippen molar-refractivity contribution in [1.29, 1.82) is 0 Å². The number of fused-ring (bicyclic) bond motifs is 1. The molecule has 2 aromatic carbocycles. The summed E-state index contributed by atoms with van der Waals surface area (Å²) in [6, 6.07) is 19.6. The Morgan fingerprint density at radius 2 is 1.83 bits per heavy atom. The topological polar surface area (TPSA) is 74.2 Å². The number of rotatable bonds is 5. The quantitative estimate of drug-likeness (QED) is 0.383. The van der Waals surface area contributed by atoms with Crippen LogP contribution in [0.2, 0.25) is 0 Å². The first-order valence-electron chi connectivity index (χ1n) is 7.56. The molecule has 1 heterocycles. The molecule has 1 amide bonds. The highest BCUT2D eigenvalue weighted by molar-refractivity contribution is 5.91. The molecule has 5 nitrogen and oxygen atoms in total. The lowest BCUT2D eigenvalue weighted by atomic mass is 10.1. The molecule has 5 heteroatoms. The lowest BCUT2D eigenvalue weighted by Crippen LogP contribution is -2.14. The summed E-state index contributed by atoms with van der Waals surface area (Å²) in [6.45, 7) is 0.571. The van der Waals surface area contributed by atoms with Crippen LogP contribution < -0.4 is 10.8 Å². The number of amides is 1. The number of aromatic nitrogens is 1. The average Bonchev–Trinajstić information content (AvgIpc) is 2.64. The smallest absolute Gasteiger partial charge is 0.267 e. The SMILES string of the molecule is O=C(C=Cc1ccccc1NCc1ccc2ccccc2n1)NO. The van der Waals surface area contributed by atoms with Crippen LogP contribution in [0.1, 0.15) is 11.3 Å². The first-order chi connectivity index (χ1) is 11.8. The predicted molar refractivity (Wildman–Crippen MR) is 94.5 cm³/mol. The summed E-state index contributed by atoms with van der Waals surface area (Å²) in [6.07, 6.45) is 2.91. The molecular formula is C19H17N3O2. The monoisotopic (exact) mass is 319 g/mol. The van der Waals surface area contributed by atoms with Crippen LogP contribution >= 0.6 is 0 Å². The van der Waals surface area contributed by atoms with E-state index in [1.807, 2.05) is 54.6 Å². The van der Waals surface area contributed by atoms with Gasteiger partial charge in [0.1, 0.15) is 0 Å². The second-order valence-electron chi connectivity index (χ2n) is 5.25. The largest absolute Gasteiger partial charge is 0.379 e. The summed E-state index contributed by atoms with van der Waals surface area (Å²) in [5, 5.41) is 13.0. The van der Waals surface area contributed by atoms with Crippen molar-refractivity contribution in [3.8, 4) is 0 Å². The number of nitrogens with zero attached hydrogens (tertiary/aromatic N) is 1. The molecule has 0 bridgehead atoms. The molecule has 0 aliphatic heterocycles. The summed E-state index contributed by atoms with van der Waals surface area (Å²) in [5.74, 6) is -0.569. The molecule has 0 aliphatic rings. The summed E-state index contributed by atoms with van der Waals surface area (Å²) in [4.78, 5) is 15.8.